The standard InChI is InChI=1S/C30H21N5O5/c36-29-19-6-12-25(27(17-19)35(37)38)26-14-15-31-30(34-26)33-22-9-13-28(40-24-4-2-1-3-5-24)20(16-22)18-39-23-10-7-21(32-29)8-11-23/h1-17H,18H2,(H,32,36)(H,31,33,34). The van der Waals surface area contributed by atoms with Gasteiger partial charge in [-0.3, -0.25) is 14.9 Å². The number of carbonyl (C=O) groups excluding carboxylic acids is 1. The molecule has 0 saturated heterocycles. The van der Waals surface area contributed by atoms with Crippen molar-refractivity contribution in [2.24, 2.45) is 0 Å². The van der Waals surface area contributed by atoms with E-state index in [-0.39, 0.29) is 29.4 Å². The second-order valence-electron chi connectivity index (χ2n) is 8.88. The van der Waals surface area contributed by atoms with Gasteiger partial charge in [0.15, 0.2) is 0 Å². The van der Waals surface area contributed by atoms with Crippen molar-refractivity contribution in [1.82, 2.24) is 9.97 Å². The molecule has 40 heavy (non-hydrogen) atoms. The molecule has 8 rings (SSSR count). The molecule has 0 unspecified atom stereocenters. The number of fused-ring (bicyclic) bond motifs is 2. The van der Waals surface area contributed by atoms with E-state index in [4.69, 9.17) is 9.47 Å². The zero-order chi connectivity index (χ0) is 27.5. The Morgan fingerprint density at radius 2 is 1.68 bits per heavy atom. The van der Waals surface area contributed by atoms with Crippen LogP contribution >= 0.6 is 0 Å². The van der Waals surface area contributed by atoms with E-state index in [9.17, 15) is 14.9 Å². The van der Waals surface area contributed by atoms with Crippen LogP contribution in [0.2, 0.25) is 0 Å². The van der Waals surface area contributed by atoms with Gasteiger partial charge in [-0.05, 0) is 72.8 Å². The van der Waals surface area contributed by atoms with Crippen molar-refractivity contribution in [3.05, 3.63) is 124 Å². The molecule has 10 nitrogen and oxygen atoms in total. The predicted octanol–water partition coefficient (Wildman–Crippen LogP) is 6.73. The average Bonchev–Trinajstić information content (AvgIpc) is 2.98. The summed E-state index contributed by atoms with van der Waals surface area (Å²) in [6, 6.07) is 27.6. The number of hydrogen-bond donors (Lipinski definition) is 2. The lowest BCUT2D eigenvalue weighted by Gasteiger charge is -2.15. The topological polar surface area (TPSA) is 129 Å². The molecule has 8 bridgehead atoms. The van der Waals surface area contributed by atoms with Gasteiger partial charge in [-0.25, -0.2) is 9.97 Å². The van der Waals surface area contributed by atoms with E-state index in [1.807, 2.05) is 48.5 Å². The Morgan fingerprint density at radius 1 is 0.875 bits per heavy atom. The molecular formula is C30H21N5O5. The highest BCUT2D eigenvalue weighted by molar-refractivity contribution is 6.05. The van der Waals surface area contributed by atoms with Crippen LogP contribution < -0.4 is 20.1 Å². The minimum absolute atomic E-state index is 0.142. The first kappa shape index (κ1) is 24.6. The quantitative estimate of drug-likeness (QED) is 0.194. The molecule has 0 saturated carbocycles. The van der Waals surface area contributed by atoms with Crippen molar-refractivity contribution in [2.45, 2.75) is 6.61 Å². The number of nitrogens with zero attached hydrogens (tertiary/aromatic N) is 3. The van der Waals surface area contributed by atoms with Crippen LogP contribution in [-0.4, -0.2) is 20.8 Å². The minimum atomic E-state index is -0.534. The molecule has 10 heteroatoms. The molecule has 3 aliphatic heterocycles. The van der Waals surface area contributed by atoms with Crippen LogP contribution in [0.5, 0.6) is 17.2 Å². The van der Waals surface area contributed by atoms with Crippen LogP contribution in [0.1, 0.15) is 15.9 Å². The lowest BCUT2D eigenvalue weighted by Crippen LogP contribution is -2.12. The van der Waals surface area contributed by atoms with Gasteiger partial charge in [0.25, 0.3) is 11.6 Å². The van der Waals surface area contributed by atoms with Crippen LogP contribution in [0.4, 0.5) is 23.0 Å². The van der Waals surface area contributed by atoms with Gasteiger partial charge in [0.1, 0.15) is 23.9 Å². The van der Waals surface area contributed by atoms with Crippen molar-refractivity contribution in [1.29, 1.82) is 0 Å². The van der Waals surface area contributed by atoms with E-state index in [1.165, 1.54) is 24.4 Å². The van der Waals surface area contributed by atoms with Gasteiger partial charge in [0.05, 0.1) is 16.2 Å². The first-order chi connectivity index (χ1) is 19.5. The Balaban J connectivity index is 1.44. The molecule has 196 valence electrons. The Morgan fingerprint density at radius 3 is 2.48 bits per heavy atom. The maximum absolute atomic E-state index is 12.9. The molecule has 1 amide bonds. The molecule has 2 N–H and O–H groups in total. The smallest absolute Gasteiger partial charge is 0.279 e. The highest BCUT2D eigenvalue weighted by Gasteiger charge is 2.21. The van der Waals surface area contributed by atoms with Crippen molar-refractivity contribution >= 4 is 28.9 Å². The molecule has 0 fully saturated rings. The Kier molecular flexibility index (Phi) is 6.47. The van der Waals surface area contributed by atoms with Crippen molar-refractivity contribution in [3.8, 4) is 28.5 Å². The van der Waals surface area contributed by atoms with E-state index >= 15 is 0 Å². The molecule has 0 radical (unpaired) electrons. The van der Waals surface area contributed by atoms with Gasteiger partial charge in [0.2, 0.25) is 5.95 Å². The van der Waals surface area contributed by atoms with E-state index in [2.05, 4.69) is 20.6 Å². The van der Waals surface area contributed by atoms with Gasteiger partial charge in [-0.2, -0.15) is 0 Å². The molecule has 4 heterocycles. The summed E-state index contributed by atoms with van der Waals surface area (Å²) in [5, 5.41) is 17.9. The molecule has 5 aromatic rings. The average molecular weight is 532 g/mol. The third kappa shape index (κ3) is 5.27. The number of nitrogens with one attached hydrogen (secondary N) is 2. The number of amides is 1. The van der Waals surface area contributed by atoms with E-state index in [0.717, 1.165) is 5.56 Å². The van der Waals surface area contributed by atoms with E-state index < -0.39 is 10.8 Å². The predicted molar refractivity (Wildman–Crippen MR) is 149 cm³/mol. The Labute approximate surface area is 228 Å². The number of hydrogen-bond acceptors (Lipinski definition) is 8. The summed E-state index contributed by atoms with van der Waals surface area (Å²) in [7, 11) is 0. The number of aromatic nitrogens is 2. The van der Waals surface area contributed by atoms with Gasteiger partial charge >= 0.3 is 0 Å². The van der Waals surface area contributed by atoms with Crippen molar-refractivity contribution < 1.29 is 19.2 Å². The third-order valence-corrected chi connectivity index (χ3v) is 6.18. The van der Waals surface area contributed by atoms with Crippen LogP contribution in [0.25, 0.3) is 11.3 Å². The van der Waals surface area contributed by atoms with Crippen molar-refractivity contribution in [2.75, 3.05) is 10.6 Å². The first-order valence-corrected chi connectivity index (χ1v) is 12.3. The summed E-state index contributed by atoms with van der Waals surface area (Å²) in [5.74, 6) is 1.63. The first-order valence-electron chi connectivity index (χ1n) is 12.3. The van der Waals surface area contributed by atoms with E-state index in [1.54, 1.807) is 30.3 Å². The maximum atomic E-state index is 12.9. The van der Waals surface area contributed by atoms with Crippen LogP contribution in [0.15, 0.2) is 103 Å². The number of carbonyl (C=O) groups is 1. The zero-order valence-electron chi connectivity index (χ0n) is 20.9. The third-order valence-electron chi connectivity index (χ3n) is 6.18. The molecular weight excluding hydrogens is 510 g/mol. The number of nitro benzene ring substituents is 1. The number of para-hydroxylation sites is 1. The lowest BCUT2D eigenvalue weighted by atomic mass is 10.1. The van der Waals surface area contributed by atoms with Crippen LogP contribution in [-0.2, 0) is 6.61 Å². The van der Waals surface area contributed by atoms with Crippen LogP contribution in [0.3, 0.4) is 0 Å². The zero-order valence-corrected chi connectivity index (χ0v) is 20.9. The van der Waals surface area contributed by atoms with E-state index in [0.29, 0.717) is 34.3 Å². The summed E-state index contributed by atoms with van der Waals surface area (Å²) in [6.07, 6.45) is 1.51. The Bertz CT molecular complexity index is 1730. The second kappa shape index (κ2) is 10.5. The summed E-state index contributed by atoms with van der Waals surface area (Å²) >= 11 is 0. The minimum Gasteiger partial charge on any atom is -0.489 e. The number of benzene rings is 4. The summed E-state index contributed by atoms with van der Waals surface area (Å²) in [6.45, 7) is 0.195. The molecule has 0 spiro atoms. The molecule has 3 aliphatic rings. The summed E-state index contributed by atoms with van der Waals surface area (Å²) < 4.78 is 12.2. The van der Waals surface area contributed by atoms with Crippen molar-refractivity contribution in [3.63, 3.8) is 0 Å². The highest BCUT2D eigenvalue weighted by Crippen LogP contribution is 2.33. The van der Waals surface area contributed by atoms with Gasteiger partial charge in [-0.1, -0.05) is 18.2 Å². The lowest BCUT2D eigenvalue weighted by molar-refractivity contribution is -0.384. The highest BCUT2D eigenvalue weighted by atomic mass is 16.6. The fraction of sp³-hybridized carbons (Fsp3) is 0.0333. The number of ether oxygens (including phenoxy) is 2. The normalized spacial score (nSPS) is 12.2. The molecule has 4 aromatic carbocycles. The SMILES string of the molecule is O=C1Nc2ccc(cc2)OCc2cc(ccc2Oc2ccccc2)Nc2nccc(n2)-c2ccc1cc2[N+](=O)[O-]. The Hall–Kier alpha value is -5.77. The van der Waals surface area contributed by atoms with Gasteiger partial charge < -0.3 is 20.1 Å². The number of rotatable bonds is 3. The maximum Gasteiger partial charge on any atom is 0.279 e. The van der Waals surface area contributed by atoms with Gasteiger partial charge in [-0.15, -0.1) is 0 Å². The molecule has 0 atom stereocenters. The number of anilines is 3. The fourth-order valence-corrected chi connectivity index (χ4v) is 4.22. The monoisotopic (exact) mass is 531 g/mol. The molecule has 0 aliphatic carbocycles. The summed E-state index contributed by atoms with van der Waals surface area (Å²) in [5.41, 5.74) is 2.43. The largest absolute Gasteiger partial charge is 0.489 e. The molecule has 1 aromatic heterocycles. The summed E-state index contributed by atoms with van der Waals surface area (Å²) in [4.78, 5) is 33.1. The van der Waals surface area contributed by atoms with Gasteiger partial charge in [0, 0.05) is 34.8 Å². The second-order valence-corrected chi connectivity index (χ2v) is 8.88. The number of nitro groups is 1. The van der Waals surface area contributed by atoms with Crippen LogP contribution in [0, 0.1) is 10.1 Å². The fourth-order valence-electron chi connectivity index (χ4n) is 4.22.